The van der Waals surface area contributed by atoms with Crippen molar-refractivity contribution < 1.29 is 4.52 Å². The van der Waals surface area contributed by atoms with Crippen LogP contribution in [-0.2, 0) is 6.42 Å². The van der Waals surface area contributed by atoms with Gasteiger partial charge in [-0.05, 0) is 52.9 Å². The zero-order chi connectivity index (χ0) is 11.8. The molecule has 1 aliphatic rings. The summed E-state index contributed by atoms with van der Waals surface area (Å²) < 4.78 is 6.10. The monoisotopic (exact) mass is 293 g/mol. The molecule has 1 aromatic heterocycles. The van der Waals surface area contributed by atoms with Crippen LogP contribution in [0.25, 0.3) is 11.5 Å². The molecule has 5 heteroatoms. The van der Waals surface area contributed by atoms with E-state index in [1.165, 1.54) is 12.8 Å². The van der Waals surface area contributed by atoms with Crippen molar-refractivity contribution in [2.24, 2.45) is 5.92 Å². The van der Waals surface area contributed by atoms with Crippen molar-refractivity contribution in [2.75, 3.05) is 5.73 Å². The van der Waals surface area contributed by atoms with Gasteiger partial charge in [-0.15, -0.1) is 0 Å². The second-order valence-corrected chi connectivity index (χ2v) is 5.25. The highest BCUT2D eigenvalue weighted by atomic mass is 79.9. The summed E-state index contributed by atoms with van der Waals surface area (Å²) in [7, 11) is 0. The van der Waals surface area contributed by atoms with Gasteiger partial charge in [0, 0.05) is 22.1 Å². The van der Waals surface area contributed by atoms with Crippen LogP contribution < -0.4 is 5.73 Å². The van der Waals surface area contributed by atoms with Crippen LogP contribution in [0.4, 0.5) is 5.69 Å². The second kappa shape index (κ2) is 4.14. The summed E-state index contributed by atoms with van der Waals surface area (Å²) in [6.45, 7) is 0. The third kappa shape index (κ3) is 2.34. The van der Waals surface area contributed by atoms with E-state index in [0.29, 0.717) is 11.6 Å². The van der Waals surface area contributed by atoms with Crippen LogP contribution in [0.2, 0.25) is 0 Å². The molecule has 0 radical (unpaired) electrons. The van der Waals surface area contributed by atoms with Gasteiger partial charge in [0.15, 0.2) is 5.82 Å². The van der Waals surface area contributed by atoms with Gasteiger partial charge in [0.1, 0.15) is 0 Å². The summed E-state index contributed by atoms with van der Waals surface area (Å²) in [6.07, 6.45) is 3.51. The van der Waals surface area contributed by atoms with Crippen molar-refractivity contribution in [3.63, 3.8) is 0 Å². The molecule has 2 aromatic rings. The number of nitrogens with two attached hydrogens (primary N) is 1. The van der Waals surface area contributed by atoms with Crippen molar-refractivity contribution in [1.29, 1.82) is 0 Å². The zero-order valence-electron chi connectivity index (χ0n) is 9.19. The Bertz CT molecular complexity index is 548. The maximum atomic E-state index is 5.73. The second-order valence-electron chi connectivity index (χ2n) is 4.40. The molecule has 0 bridgehead atoms. The number of hydrogen-bond acceptors (Lipinski definition) is 4. The molecule has 0 saturated heterocycles. The molecule has 0 spiro atoms. The Morgan fingerprint density at radius 2 is 2.24 bits per heavy atom. The first-order valence-electron chi connectivity index (χ1n) is 5.60. The van der Waals surface area contributed by atoms with E-state index in [9.17, 15) is 0 Å². The summed E-state index contributed by atoms with van der Waals surface area (Å²) >= 11 is 3.39. The van der Waals surface area contributed by atoms with Gasteiger partial charge in [-0.2, -0.15) is 4.98 Å². The van der Waals surface area contributed by atoms with Crippen LogP contribution in [0.15, 0.2) is 27.2 Å². The molecule has 0 atom stereocenters. The summed E-state index contributed by atoms with van der Waals surface area (Å²) in [4.78, 5) is 4.39. The van der Waals surface area contributed by atoms with Crippen LogP contribution in [0, 0.1) is 5.92 Å². The minimum atomic E-state index is 0.557. The Kier molecular flexibility index (Phi) is 2.63. The number of rotatable bonds is 3. The summed E-state index contributed by atoms with van der Waals surface area (Å²) in [6, 6.07) is 5.60. The zero-order valence-corrected chi connectivity index (χ0v) is 10.8. The minimum Gasteiger partial charge on any atom is -0.398 e. The van der Waals surface area contributed by atoms with Crippen LogP contribution in [0.1, 0.15) is 18.7 Å². The Morgan fingerprint density at radius 3 is 2.94 bits per heavy atom. The fourth-order valence-corrected chi connectivity index (χ4v) is 2.07. The smallest absolute Gasteiger partial charge is 0.257 e. The number of halogens is 1. The van der Waals surface area contributed by atoms with Gasteiger partial charge in [-0.3, -0.25) is 0 Å². The lowest BCUT2D eigenvalue weighted by Crippen LogP contribution is -1.90. The standard InChI is InChI=1S/C12H12BrN3O/c13-9-6-8(3-4-10(9)14)12-15-11(16-17-12)5-7-1-2-7/h3-4,6-7H,1-2,5,14H2. The molecule has 1 heterocycles. The van der Waals surface area contributed by atoms with Crippen molar-refractivity contribution in [1.82, 2.24) is 10.1 Å². The largest absolute Gasteiger partial charge is 0.398 e. The predicted molar refractivity (Wildman–Crippen MR) is 68.3 cm³/mol. The Morgan fingerprint density at radius 1 is 1.41 bits per heavy atom. The molecule has 1 saturated carbocycles. The average Bonchev–Trinajstić information content (AvgIpc) is 2.99. The Hall–Kier alpha value is -1.36. The molecule has 4 nitrogen and oxygen atoms in total. The van der Waals surface area contributed by atoms with Gasteiger partial charge in [0.05, 0.1) is 0 Å². The lowest BCUT2D eigenvalue weighted by Gasteiger charge is -1.98. The summed E-state index contributed by atoms with van der Waals surface area (Å²) in [5, 5.41) is 3.99. The van der Waals surface area contributed by atoms with E-state index in [1.54, 1.807) is 0 Å². The number of nitrogens with zero attached hydrogens (tertiary/aromatic N) is 2. The molecule has 2 N–H and O–H groups in total. The quantitative estimate of drug-likeness (QED) is 0.884. The van der Waals surface area contributed by atoms with Crippen LogP contribution >= 0.6 is 15.9 Å². The molecule has 88 valence electrons. The van der Waals surface area contributed by atoms with Crippen LogP contribution in [0.3, 0.4) is 0 Å². The fraction of sp³-hybridized carbons (Fsp3) is 0.333. The maximum Gasteiger partial charge on any atom is 0.257 e. The van der Waals surface area contributed by atoms with Gasteiger partial charge in [-0.1, -0.05) is 5.16 Å². The van der Waals surface area contributed by atoms with Crippen molar-refractivity contribution in [3.05, 3.63) is 28.5 Å². The van der Waals surface area contributed by atoms with E-state index >= 15 is 0 Å². The normalized spacial score (nSPS) is 15.1. The average molecular weight is 294 g/mol. The predicted octanol–water partition coefficient (Wildman–Crippen LogP) is 3.03. The first-order chi connectivity index (χ1) is 8.22. The molecule has 17 heavy (non-hydrogen) atoms. The van der Waals surface area contributed by atoms with E-state index in [2.05, 4.69) is 26.1 Å². The van der Waals surface area contributed by atoms with Gasteiger partial charge in [0.2, 0.25) is 0 Å². The third-order valence-electron chi connectivity index (χ3n) is 2.88. The van der Waals surface area contributed by atoms with Crippen molar-refractivity contribution in [3.8, 4) is 11.5 Å². The number of nitrogen functional groups attached to an aromatic ring is 1. The summed E-state index contributed by atoms with van der Waals surface area (Å²) in [5.41, 5.74) is 7.32. The molecule has 1 aromatic carbocycles. The first-order valence-corrected chi connectivity index (χ1v) is 6.39. The fourth-order valence-electron chi connectivity index (χ4n) is 1.69. The SMILES string of the molecule is Nc1ccc(-c2nc(CC3CC3)no2)cc1Br. The third-order valence-corrected chi connectivity index (χ3v) is 3.57. The van der Waals surface area contributed by atoms with Crippen LogP contribution in [0.5, 0.6) is 0 Å². The highest BCUT2D eigenvalue weighted by molar-refractivity contribution is 9.10. The van der Waals surface area contributed by atoms with Gasteiger partial charge in [-0.25, -0.2) is 0 Å². The molecular weight excluding hydrogens is 282 g/mol. The van der Waals surface area contributed by atoms with E-state index in [-0.39, 0.29) is 0 Å². The van der Waals surface area contributed by atoms with Gasteiger partial charge in [0.25, 0.3) is 5.89 Å². The Balaban J connectivity index is 1.86. The highest BCUT2D eigenvalue weighted by Crippen LogP contribution is 2.32. The van der Waals surface area contributed by atoms with E-state index in [0.717, 1.165) is 28.2 Å². The molecule has 1 aliphatic carbocycles. The summed E-state index contributed by atoms with van der Waals surface area (Å²) in [5.74, 6) is 2.12. The van der Waals surface area contributed by atoms with Crippen molar-refractivity contribution in [2.45, 2.75) is 19.3 Å². The van der Waals surface area contributed by atoms with Crippen molar-refractivity contribution >= 4 is 21.6 Å². The minimum absolute atomic E-state index is 0.557. The van der Waals surface area contributed by atoms with Gasteiger partial charge >= 0.3 is 0 Å². The van der Waals surface area contributed by atoms with E-state index < -0.39 is 0 Å². The lowest BCUT2D eigenvalue weighted by atomic mass is 10.2. The molecular formula is C12H12BrN3O. The lowest BCUT2D eigenvalue weighted by molar-refractivity contribution is 0.421. The van der Waals surface area contributed by atoms with Gasteiger partial charge < -0.3 is 10.3 Å². The number of benzene rings is 1. The van der Waals surface area contributed by atoms with E-state index in [1.807, 2.05) is 18.2 Å². The maximum absolute atomic E-state index is 5.73. The molecule has 3 rings (SSSR count). The molecule has 1 fully saturated rings. The molecule has 0 amide bonds. The highest BCUT2D eigenvalue weighted by Gasteiger charge is 2.24. The molecule has 0 aliphatic heterocycles. The Labute approximate surface area is 107 Å². The van der Waals surface area contributed by atoms with E-state index in [4.69, 9.17) is 10.3 Å². The topological polar surface area (TPSA) is 64.9 Å². The number of anilines is 1. The number of aromatic nitrogens is 2. The first kappa shape index (κ1) is 10.8. The number of hydrogen-bond donors (Lipinski definition) is 1. The molecule has 0 unspecified atom stereocenters. The van der Waals surface area contributed by atoms with Crippen LogP contribution in [-0.4, -0.2) is 10.1 Å².